The fourth-order valence-electron chi connectivity index (χ4n) is 3.13. The minimum atomic E-state index is -0.217. The average molecular weight is 367 g/mol. The van der Waals surface area contributed by atoms with E-state index in [1.807, 2.05) is 25.1 Å². The van der Waals surface area contributed by atoms with E-state index in [9.17, 15) is 9.59 Å². The number of benzene rings is 1. The molecule has 0 bridgehead atoms. The SMILES string of the molecule is CC(=O)Nc1ccc(NC(=O)[C@H](C)N2CCN(c3ccccn3)CC2)cc1. The summed E-state index contributed by atoms with van der Waals surface area (Å²) in [5.74, 6) is 0.826. The molecule has 1 aliphatic rings. The van der Waals surface area contributed by atoms with Crippen molar-refractivity contribution in [3.8, 4) is 0 Å². The van der Waals surface area contributed by atoms with E-state index in [4.69, 9.17) is 0 Å². The van der Waals surface area contributed by atoms with Gasteiger partial charge in [0.15, 0.2) is 0 Å². The number of carbonyl (C=O) groups excluding carboxylic acids is 2. The molecule has 1 atom stereocenters. The van der Waals surface area contributed by atoms with Crippen LogP contribution in [0.3, 0.4) is 0 Å². The Labute approximate surface area is 159 Å². The molecule has 0 saturated carbocycles. The third kappa shape index (κ3) is 5.04. The Hall–Kier alpha value is -2.93. The van der Waals surface area contributed by atoms with E-state index in [2.05, 4.69) is 25.4 Å². The molecule has 0 radical (unpaired) electrons. The summed E-state index contributed by atoms with van der Waals surface area (Å²) in [6.07, 6.45) is 1.80. The number of anilines is 3. The number of nitrogens with one attached hydrogen (secondary N) is 2. The highest BCUT2D eigenvalue weighted by molar-refractivity contribution is 5.95. The Kier molecular flexibility index (Phi) is 6.03. The Morgan fingerprint density at radius 3 is 2.15 bits per heavy atom. The van der Waals surface area contributed by atoms with Gasteiger partial charge in [0.25, 0.3) is 0 Å². The van der Waals surface area contributed by atoms with Crippen LogP contribution >= 0.6 is 0 Å². The highest BCUT2D eigenvalue weighted by Crippen LogP contribution is 2.17. The highest BCUT2D eigenvalue weighted by atomic mass is 16.2. The van der Waals surface area contributed by atoms with Gasteiger partial charge >= 0.3 is 0 Å². The molecule has 1 saturated heterocycles. The van der Waals surface area contributed by atoms with Crippen molar-refractivity contribution in [1.82, 2.24) is 9.88 Å². The van der Waals surface area contributed by atoms with Gasteiger partial charge in [-0.25, -0.2) is 4.98 Å². The molecule has 3 rings (SSSR count). The van der Waals surface area contributed by atoms with Crippen LogP contribution in [-0.2, 0) is 9.59 Å². The summed E-state index contributed by atoms with van der Waals surface area (Å²) < 4.78 is 0. The van der Waals surface area contributed by atoms with Gasteiger partial charge in [-0.1, -0.05) is 6.07 Å². The summed E-state index contributed by atoms with van der Waals surface area (Å²) in [7, 11) is 0. The molecule has 1 aromatic carbocycles. The van der Waals surface area contributed by atoms with Gasteiger partial charge in [0, 0.05) is 50.7 Å². The summed E-state index contributed by atoms with van der Waals surface area (Å²) in [5, 5.41) is 5.65. The number of nitrogens with zero attached hydrogens (tertiary/aromatic N) is 3. The van der Waals surface area contributed by atoms with Crippen molar-refractivity contribution in [1.29, 1.82) is 0 Å². The third-order valence-electron chi connectivity index (χ3n) is 4.69. The zero-order valence-electron chi connectivity index (χ0n) is 15.7. The van der Waals surface area contributed by atoms with Crippen molar-refractivity contribution in [2.45, 2.75) is 19.9 Å². The van der Waals surface area contributed by atoms with Crippen LogP contribution in [0.1, 0.15) is 13.8 Å². The largest absolute Gasteiger partial charge is 0.354 e. The van der Waals surface area contributed by atoms with Gasteiger partial charge in [0.1, 0.15) is 5.82 Å². The van der Waals surface area contributed by atoms with E-state index in [0.717, 1.165) is 32.0 Å². The summed E-state index contributed by atoms with van der Waals surface area (Å²) in [5.41, 5.74) is 1.42. The van der Waals surface area contributed by atoms with Gasteiger partial charge in [-0.15, -0.1) is 0 Å². The molecule has 0 unspecified atom stereocenters. The van der Waals surface area contributed by atoms with Gasteiger partial charge in [-0.3, -0.25) is 14.5 Å². The lowest BCUT2D eigenvalue weighted by Crippen LogP contribution is -2.53. The predicted octanol–water partition coefficient (Wildman–Crippen LogP) is 2.19. The molecule has 7 nitrogen and oxygen atoms in total. The molecule has 2 aromatic rings. The fourth-order valence-corrected chi connectivity index (χ4v) is 3.13. The van der Waals surface area contributed by atoms with E-state index < -0.39 is 0 Å². The molecule has 1 aromatic heterocycles. The summed E-state index contributed by atoms with van der Waals surface area (Å²) in [6, 6.07) is 12.8. The maximum Gasteiger partial charge on any atom is 0.241 e. The van der Waals surface area contributed by atoms with Crippen LogP contribution in [0.4, 0.5) is 17.2 Å². The van der Waals surface area contributed by atoms with E-state index in [-0.39, 0.29) is 17.9 Å². The first-order chi connectivity index (χ1) is 13.0. The second-order valence-corrected chi connectivity index (χ2v) is 6.63. The van der Waals surface area contributed by atoms with E-state index in [1.54, 1.807) is 30.5 Å². The van der Waals surface area contributed by atoms with Crippen LogP contribution < -0.4 is 15.5 Å². The van der Waals surface area contributed by atoms with Gasteiger partial charge in [0.05, 0.1) is 6.04 Å². The molecule has 27 heavy (non-hydrogen) atoms. The van der Waals surface area contributed by atoms with Gasteiger partial charge in [-0.05, 0) is 43.3 Å². The number of carbonyl (C=O) groups is 2. The van der Waals surface area contributed by atoms with Crippen LogP contribution in [-0.4, -0.2) is 53.9 Å². The van der Waals surface area contributed by atoms with Crippen molar-refractivity contribution in [3.05, 3.63) is 48.7 Å². The van der Waals surface area contributed by atoms with Crippen LogP contribution in [0.5, 0.6) is 0 Å². The molecule has 1 aliphatic heterocycles. The van der Waals surface area contributed by atoms with E-state index >= 15 is 0 Å². The molecule has 2 heterocycles. The number of piperazine rings is 1. The van der Waals surface area contributed by atoms with Crippen molar-refractivity contribution < 1.29 is 9.59 Å². The number of pyridine rings is 1. The second kappa shape index (κ2) is 8.64. The van der Waals surface area contributed by atoms with Crippen molar-refractivity contribution in [3.63, 3.8) is 0 Å². The maximum atomic E-state index is 12.6. The number of rotatable bonds is 5. The summed E-state index contributed by atoms with van der Waals surface area (Å²) >= 11 is 0. The lowest BCUT2D eigenvalue weighted by atomic mass is 10.2. The minimum Gasteiger partial charge on any atom is -0.354 e. The molecule has 7 heteroatoms. The first-order valence-electron chi connectivity index (χ1n) is 9.11. The van der Waals surface area contributed by atoms with Crippen molar-refractivity contribution >= 4 is 29.0 Å². The fraction of sp³-hybridized carbons (Fsp3) is 0.350. The van der Waals surface area contributed by atoms with Gasteiger partial charge < -0.3 is 15.5 Å². The Balaban J connectivity index is 1.51. The van der Waals surface area contributed by atoms with Crippen LogP contribution in [0, 0.1) is 0 Å². The quantitative estimate of drug-likeness (QED) is 0.847. The third-order valence-corrected chi connectivity index (χ3v) is 4.69. The van der Waals surface area contributed by atoms with Gasteiger partial charge in [0.2, 0.25) is 11.8 Å². The maximum absolute atomic E-state index is 12.6. The first-order valence-corrected chi connectivity index (χ1v) is 9.11. The highest BCUT2D eigenvalue weighted by Gasteiger charge is 2.26. The monoisotopic (exact) mass is 367 g/mol. The van der Waals surface area contributed by atoms with E-state index in [0.29, 0.717) is 11.4 Å². The summed E-state index contributed by atoms with van der Waals surface area (Å²) in [4.78, 5) is 32.4. The predicted molar refractivity (Wildman–Crippen MR) is 107 cm³/mol. The van der Waals surface area contributed by atoms with Crippen molar-refractivity contribution in [2.75, 3.05) is 41.7 Å². The topological polar surface area (TPSA) is 77.6 Å². The van der Waals surface area contributed by atoms with Crippen LogP contribution in [0.25, 0.3) is 0 Å². The van der Waals surface area contributed by atoms with Gasteiger partial charge in [-0.2, -0.15) is 0 Å². The lowest BCUT2D eigenvalue weighted by Gasteiger charge is -2.37. The normalized spacial score (nSPS) is 15.9. The molecule has 2 N–H and O–H groups in total. The standard InChI is InChI=1S/C20H25N5O2/c1-15(20(27)23-18-8-6-17(7-9-18)22-16(2)26)24-11-13-25(14-12-24)19-5-3-4-10-21-19/h3-10,15H,11-14H2,1-2H3,(H,22,26)(H,23,27)/t15-/m0/s1. The molecule has 0 spiro atoms. The molecule has 0 aliphatic carbocycles. The zero-order chi connectivity index (χ0) is 19.2. The minimum absolute atomic E-state index is 0.0337. The Morgan fingerprint density at radius 2 is 1.59 bits per heavy atom. The number of hydrogen-bond acceptors (Lipinski definition) is 5. The van der Waals surface area contributed by atoms with Crippen molar-refractivity contribution in [2.24, 2.45) is 0 Å². The average Bonchev–Trinajstić information content (AvgIpc) is 2.69. The lowest BCUT2D eigenvalue weighted by molar-refractivity contribution is -0.121. The second-order valence-electron chi connectivity index (χ2n) is 6.63. The summed E-state index contributed by atoms with van der Waals surface area (Å²) in [6.45, 7) is 6.71. The van der Waals surface area contributed by atoms with Crippen LogP contribution in [0.2, 0.25) is 0 Å². The smallest absolute Gasteiger partial charge is 0.241 e. The van der Waals surface area contributed by atoms with E-state index in [1.165, 1.54) is 6.92 Å². The first kappa shape index (κ1) is 18.8. The molecular weight excluding hydrogens is 342 g/mol. The number of amides is 2. The number of aromatic nitrogens is 1. The molecule has 1 fully saturated rings. The number of hydrogen-bond donors (Lipinski definition) is 2. The van der Waals surface area contributed by atoms with Crippen LogP contribution in [0.15, 0.2) is 48.7 Å². The Morgan fingerprint density at radius 1 is 0.963 bits per heavy atom. The molecule has 142 valence electrons. The Bertz CT molecular complexity index is 771. The molecule has 2 amide bonds. The molecular formula is C20H25N5O2. The zero-order valence-corrected chi connectivity index (χ0v) is 15.7.